The van der Waals surface area contributed by atoms with Crippen molar-refractivity contribution in [1.29, 1.82) is 0 Å². The number of allylic oxidation sites excluding steroid dienone is 2. The van der Waals surface area contributed by atoms with Crippen molar-refractivity contribution in [2.24, 2.45) is 23.7 Å². The van der Waals surface area contributed by atoms with Crippen molar-refractivity contribution >= 4 is 23.2 Å². The van der Waals surface area contributed by atoms with Crippen LogP contribution in [0.25, 0.3) is 0 Å². The monoisotopic (exact) mass is 277 g/mol. The van der Waals surface area contributed by atoms with Crippen LogP contribution in [-0.4, -0.2) is 17.0 Å². The first kappa shape index (κ1) is 12.4. The number of carboxylic acids is 1. The minimum Gasteiger partial charge on any atom is -0.481 e. The average molecular weight is 277 g/mol. The van der Waals surface area contributed by atoms with Gasteiger partial charge >= 0.3 is 5.97 Å². The number of nitrogens with one attached hydrogen (secondary N) is 1. The Morgan fingerprint density at radius 2 is 2.05 bits per heavy atom. The summed E-state index contributed by atoms with van der Waals surface area (Å²) < 4.78 is 0. The fraction of sp³-hybridized carbons (Fsp3) is 0.429. The topological polar surface area (TPSA) is 66.4 Å². The summed E-state index contributed by atoms with van der Waals surface area (Å²) in [5.74, 6) is -1.83. The zero-order valence-electron chi connectivity index (χ0n) is 10.3. The number of hydrogen-bond donors (Lipinski definition) is 2. The second-order valence-corrected chi connectivity index (χ2v) is 6.17. The third-order valence-electron chi connectivity index (χ3n) is 4.06. The summed E-state index contributed by atoms with van der Waals surface area (Å²) in [6.07, 6.45) is 4.75. The van der Waals surface area contributed by atoms with Crippen LogP contribution >= 0.6 is 11.3 Å². The van der Waals surface area contributed by atoms with E-state index >= 15 is 0 Å². The van der Waals surface area contributed by atoms with Crippen LogP contribution in [0.5, 0.6) is 0 Å². The Hall–Kier alpha value is -1.62. The third kappa shape index (κ3) is 2.18. The Balaban J connectivity index is 1.68. The van der Waals surface area contributed by atoms with E-state index < -0.39 is 17.8 Å². The lowest BCUT2D eigenvalue weighted by atomic mass is 9.82. The lowest BCUT2D eigenvalue weighted by Crippen LogP contribution is -2.39. The lowest BCUT2D eigenvalue weighted by molar-refractivity contribution is -0.147. The molecule has 2 aliphatic carbocycles. The van der Waals surface area contributed by atoms with Crippen molar-refractivity contribution < 1.29 is 14.7 Å². The smallest absolute Gasteiger partial charge is 0.307 e. The zero-order valence-corrected chi connectivity index (χ0v) is 11.1. The molecule has 0 aromatic carbocycles. The minimum absolute atomic E-state index is 0.0278. The molecule has 2 N–H and O–H groups in total. The number of fused-ring (bicyclic) bond motifs is 2. The molecule has 0 unspecified atom stereocenters. The molecule has 1 amide bonds. The molecule has 1 fully saturated rings. The SMILES string of the molecule is O=C(NCc1cccs1)[C@@H]1[C@@H](C(=O)O)[C@H]2C=C[C@@H]1C2. The molecule has 19 heavy (non-hydrogen) atoms. The van der Waals surface area contributed by atoms with Crippen LogP contribution in [0.1, 0.15) is 11.3 Å². The number of thiophene rings is 1. The Morgan fingerprint density at radius 3 is 2.68 bits per heavy atom. The Kier molecular flexibility index (Phi) is 3.14. The molecule has 2 aliphatic rings. The molecule has 2 bridgehead atoms. The van der Waals surface area contributed by atoms with Crippen molar-refractivity contribution in [3.63, 3.8) is 0 Å². The third-order valence-corrected chi connectivity index (χ3v) is 4.94. The van der Waals surface area contributed by atoms with E-state index in [2.05, 4.69) is 5.32 Å². The summed E-state index contributed by atoms with van der Waals surface area (Å²) >= 11 is 1.58. The average Bonchev–Trinajstić information content (AvgIpc) is 3.10. The van der Waals surface area contributed by atoms with Gasteiger partial charge < -0.3 is 10.4 Å². The van der Waals surface area contributed by atoms with E-state index in [1.54, 1.807) is 11.3 Å². The van der Waals surface area contributed by atoms with Crippen molar-refractivity contribution in [2.75, 3.05) is 0 Å². The van der Waals surface area contributed by atoms with Gasteiger partial charge in [0.05, 0.1) is 18.4 Å². The number of hydrogen-bond acceptors (Lipinski definition) is 3. The highest BCUT2D eigenvalue weighted by Gasteiger charge is 2.51. The van der Waals surface area contributed by atoms with E-state index in [1.807, 2.05) is 29.7 Å². The van der Waals surface area contributed by atoms with Crippen LogP contribution in [0, 0.1) is 23.7 Å². The van der Waals surface area contributed by atoms with Crippen LogP contribution < -0.4 is 5.32 Å². The summed E-state index contributed by atoms with van der Waals surface area (Å²) in [4.78, 5) is 24.7. The standard InChI is InChI=1S/C14H15NO3S/c16-13(15-7-10-2-1-5-19-10)11-8-3-4-9(6-8)12(11)14(17)18/h1-5,8-9,11-12H,6-7H2,(H,15,16)(H,17,18)/t8-,9+,11+,12+/m1/s1. The van der Waals surface area contributed by atoms with E-state index in [-0.39, 0.29) is 17.7 Å². The molecule has 5 heteroatoms. The molecule has 0 aliphatic heterocycles. The summed E-state index contributed by atoms with van der Waals surface area (Å²) in [5, 5.41) is 14.1. The highest BCUT2D eigenvalue weighted by molar-refractivity contribution is 7.09. The summed E-state index contributed by atoms with van der Waals surface area (Å²) in [7, 11) is 0. The second kappa shape index (κ2) is 4.81. The highest BCUT2D eigenvalue weighted by atomic mass is 32.1. The summed E-state index contributed by atoms with van der Waals surface area (Å²) in [5.41, 5.74) is 0. The van der Waals surface area contributed by atoms with Crippen molar-refractivity contribution in [3.8, 4) is 0 Å². The van der Waals surface area contributed by atoms with Crippen LogP contribution in [0.3, 0.4) is 0 Å². The van der Waals surface area contributed by atoms with Gasteiger partial charge in [0.2, 0.25) is 5.91 Å². The maximum atomic E-state index is 12.2. The zero-order chi connectivity index (χ0) is 13.4. The van der Waals surface area contributed by atoms with Crippen LogP contribution in [0.2, 0.25) is 0 Å². The van der Waals surface area contributed by atoms with Gasteiger partial charge in [0, 0.05) is 4.88 Å². The predicted molar refractivity (Wildman–Crippen MR) is 71.5 cm³/mol. The highest BCUT2D eigenvalue weighted by Crippen LogP contribution is 2.48. The molecule has 0 spiro atoms. The Labute approximate surface area is 115 Å². The van der Waals surface area contributed by atoms with E-state index in [1.165, 1.54) is 0 Å². The molecule has 0 radical (unpaired) electrons. The molecule has 4 atom stereocenters. The molecule has 1 aromatic rings. The number of amides is 1. The molecule has 1 heterocycles. The van der Waals surface area contributed by atoms with E-state index in [9.17, 15) is 14.7 Å². The Morgan fingerprint density at radius 1 is 1.32 bits per heavy atom. The normalized spacial score (nSPS) is 31.6. The fourth-order valence-electron chi connectivity index (χ4n) is 3.22. The van der Waals surface area contributed by atoms with Crippen LogP contribution in [-0.2, 0) is 16.1 Å². The van der Waals surface area contributed by atoms with Gasteiger partial charge in [-0.2, -0.15) is 0 Å². The first-order valence-electron chi connectivity index (χ1n) is 6.38. The number of rotatable bonds is 4. The lowest BCUT2D eigenvalue weighted by Gasteiger charge is -2.23. The van der Waals surface area contributed by atoms with Gasteiger partial charge in [-0.25, -0.2) is 0 Å². The van der Waals surface area contributed by atoms with Gasteiger partial charge in [-0.15, -0.1) is 11.3 Å². The number of carbonyl (C=O) groups is 2. The maximum absolute atomic E-state index is 12.2. The first-order valence-corrected chi connectivity index (χ1v) is 7.26. The molecule has 100 valence electrons. The van der Waals surface area contributed by atoms with Gasteiger partial charge in [-0.3, -0.25) is 9.59 Å². The molecular weight excluding hydrogens is 262 g/mol. The van der Waals surface area contributed by atoms with E-state index in [4.69, 9.17) is 0 Å². The van der Waals surface area contributed by atoms with Crippen molar-refractivity contribution in [1.82, 2.24) is 5.32 Å². The number of carbonyl (C=O) groups excluding carboxylic acids is 1. The number of aliphatic carboxylic acids is 1. The minimum atomic E-state index is -0.854. The maximum Gasteiger partial charge on any atom is 0.307 e. The molecule has 1 aromatic heterocycles. The predicted octanol–water partition coefficient (Wildman–Crippen LogP) is 1.89. The molecule has 0 saturated heterocycles. The van der Waals surface area contributed by atoms with Gasteiger partial charge in [0.1, 0.15) is 0 Å². The molecule has 4 nitrogen and oxygen atoms in total. The second-order valence-electron chi connectivity index (χ2n) is 5.14. The molecular formula is C14H15NO3S. The summed E-state index contributed by atoms with van der Waals surface area (Å²) in [6, 6.07) is 3.90. The Bertz CT molecular complexity index is 523. The van der Waals surface area contributed by atoms with Crippen molar-refractivity contribution in [3.05, 3.63) is 34.5 Å². The van der Waals surface area contributed by atoms with E-state index in [0.29, 0.717) is 6.54 Å². The van der Waals surface area contributed by atoms with Gasteiger partial charge in [-0.05, 0) is 29.7 Å². The van der Waals surface area contributed by atoms with Gasteiger partial charge in [-0.1, -0.05) is 18.2 Å². The molecule has 1 saturated carbocycles. The number of carboxylic acid groups (broad SMARTS) is 1. The largest absolute Gasteiger partial charge is 0.481 e. The van der Waals surface area contributed by atoms with Crippen molar-refractivity contribution in [2.45, 2.75) is 13.0 Å². The van der Waals surface area contributed by atoms with E-state index in [0.717, 1.165) is 11.3 Å². The summed E-state index contributed by atoms with van der Waals surface area (Å²) in [6.45, 7) is 0.487. The van der Waals surface area contributed by atoms with Crippen LogP contribution in [0.15, 0.2) is 29.7 Å². The first-order chi connectivity index (χ1) is 9.16. The molecule has 3 rings (SSSR count). The quantitative estimate of drug-likeness (QED) is 0.826. The van der Waals surface area contributed by atoms with Gasteiger partial charge in [0.25, 0.3) is 0 Å². The fourth-order valence-corrected chi connectivity index (χ4v) is 3.87. The van der Waals surface area contributed by atoms with Crippen LogP contribution in [0.4, 0.5) is 0 Å². The van der Waals surface area contributed by atoms with Gasteiger partial charge in [0.15, 0.2) is 0 Å².